The van der Waals surface area contributed by atoms with Gasteiger partial charge in [-0.25, -0.2) is 4.79 Å². The number of aliphatic hydroxyl groups excluding tert-OH is 1. The lowest BCUT2D eigenvalue weighted by Gasteiger charge is -2.41. The van der Waals surface area contributed by atoms with Gasteiger partial charge in [-0.3, -0.25) is 0 Å². The first kappa shape index (κ1) is 25.4. The maximum absolute atomic E-state index is 12.4. The summed E-state index contributed by atoms with van der Waals surface area (Å²) in [4.78, 5) is 12.4. The van der Waals surface area contributed by atoms with Crippen molar-refractivity contribution in [3.8, 4) is 0 Å². The molecular weight excluding hydrogens is 428 g/mol. The molecule has 0 aromatic carbocycles. The molecule has 188 valence electrons. The number of fused-ring (bicyclic) bond motifs is 1. The van der Waals surface area contributed by atoms with E-state index in [1.807, 2.05) is 19.9 Å². The summed E-state index contributed by atoms with van der Waals surface area (Å²) in [6.45, 7) is 12.2. The van der Waals surface area contributed by atoms with Crippen LogP contribution in [-0.4, -0.2) is 40.3 Å². The van der Waals surface area contributed by atoms with Crippen molar-refractivity contribution < 1.29 is 24.5 Å². The number of carbonyl (C=O) groups is 1. The Morgan fingerprint density at radius 2 is 2.06 bits per heavy atom. The van der Waals surface area contributed by atoms with E-state index in [9.17, 15) is 15.0 Å². The number of ether oxygens (including phenoxy) is 2. The van der Waals surface area contributed by atoms with Crippen LogP contribution in [0.5, 0.6) is 0 Å². The van der Waals surface area contributed by atoms with Crippen molar-refractivity contribution >= 4 is 5.97 Å². The van der Waals surface area contributed by atoms with E-state index in [4.69, 9.17) is 9.47 Å². The zero-order chi connectivity index (χ0) is 24.7. The summed E-state index contributed by atoms with van der Waals surface area (Å²) in [5.74, 6) is -1.19. The summed E-state index contributed by atoms with van der Waals surface area (Å²) in [6, 6.07) is 0. The lowest BCUT2D eigenvalue weighted by atomic mass is 9.64. The second kappa shape index (κ2) is 9.40. The molecule has 4 aliphatic rings. The largest absolute Gasteiger partial charge is 0.458 e. The van der Waals surface area contributed by atoms with Gasteiger partial charge in [-0.15, -0.1) is 0 Å². The van der Waals surface area contributed by atoms with E-state index in [0.717, 1.165) is 37.7 Å². The van der Waals surface area contributed by atoms with Gasteiger partial charge in [-0.2, -0.15) is 0 Å². The zero-order valence-electron chi connectivity index (χ0n) is 21.4. The summed E-state index contributed by atoms with van der Waals surface area (Å²) in [5, 5.41) is 21.7. The molecule has 0 heterocycles. The third kappa shape index (κ3) is 5.12. The average Bonchev–Trinajstić information content (AvgIpc) is 3.57. The Morgan fingerprint density at radius 3 is 2.74 bits per heavy atom. The molecule has 0 spiro atoms. The van der Waals surface area contributed by atoms with Gasteiger partial charge < -0.3 is 19.7 Å². The van der Waals surface area contributed by atoms with Gasteiger partial charge in [0, 0.05) is 12.8 Å². The average molecular weight is 471 g/mol. The van der Waals surface area contributed by atoms with E-state index in [2.05, 4.69) is 32.6 Å². The lowest BCUT2D eigenvalue weighted by Crippen LogP contribution is -2.44. The molecule has 0 amide bonds. The van der Waals surface area contributed by atoms with Crippen molar-refractivity contribution in [3.05, 3.63) is 47.1 Å². The van der Waals surface area contributed by atoms with Crippen molar-refractivity contribution in [3.63, 3.8) is 0 Å². The van der Waals surface area contributed by atoms with Crippen molar-refractivity contribution in [2.24, 2.45) is 17.3 Å². The van der Waals surface area contributed by atoms with Crippen LogP contribution in [0.15, 0.2) is 47.1 Å². The minimum atomic E-state index is -1.63. The Hall–Kier alpha value is -1.69. The fourth-order valence-electron chi connectivity index (χ4n) is 6.44. The van der Waals surface area contributed by atoms with Crippen LogP contribution in [0.2, 0.25) is 0 Å². The molecule has 5 nitrogen and oxygen atoms in total. The van der Waals surface area contributed by atoms with Crippen molar-refractivity contribution in [1.82, 2.24) is 0 Å². The van der Waals surface area contributed by atoms with Gasteiger partial charge in [0.2, 0.25) is 0 Å². The van der Waals surface area contributed by atoms with E-state index in [0.29, 0.717) is 17.4 Å². The van der Waals surface area contributed by atoms with Crippen molar-refractivity contribution in [1.29, 1.82) is 0 Å². The van der Waals surface area contributed by atoms with Crippen LogP contribution in [-0.2, 0) is 14.3 Å². The van der Waals surface area contributed by atoms with Gasteiger partial charge in [0.05, 0.1) is 6.10 Å². The number of hydrogen-bond acceptors (Lipinski definition) is 5. The van der Waals surface area contributed by atoms with Crippen LogP contribution in [0.1, 0.15) is 85.5 Å². The molecule has 4 rings (SSSR count). The van der Waals surface area contributed by atoms with Gasteiger partial charge in [-0.1, -0.05) is 49.8 Å². The molecular formula is C29H42O5. The van der Waals surface area contributed by atoms with Crippen LogP contribution >= 0.6 is 0 Å². The molecule has 4 atom stereocenters. The van der Waals surface area contributed by atoms with Crippen molar-refractivity contribution in [2.75, 3.05) is 6.61 Å². The number of esters is 1. The molecule has 0 aromatic heterocycles. The van der Waals surface area contributed by atoms with Crippen LogP contribution in [0.4, 0.5) is 0 Å². The Kier molecular flexibility index (Phi) is 7.03. The summed E-state index contributed by atoms with van der Waals surface area (Å²) in [6.07, 6.45) is 13.7. The molecule has 2 N–H and O–H groups in total. The number of carbonyl (C=O) groups excluding carboxylic acids is 1. The van der Waals surface area contributed by atoms with Crippen LogP contribution in [0, 0.1) is 17.3 Å². The Labute approximate surface area is 204 Å². The smallest absolute Gasteiger partial charge is 0.332 e. The molecule has 3 fully saturated rings. The molecule has 0 bridgehead atoms. The standard InChI is InChI=1S/C29H42O5/c1-6-22-13-14-24-20(8-7-15-28(22,24)5)9-10-21-16-29(32,17-25(30)19(21)2)33-18-26(31)34-27(3,4)23-11-12-23/h9-10,13,23-25,30,32H,2,6-8,11-12,14-18H2,1,3-5H3/t24-,25-,28+,29-/m0/s1. The normalized spacial score (nSPS) is 36.5. The molecule has 0 radical (unpaired) electrons. The molecule has 5 heteroatoms. The minimum Gasteiger partial charge on any atom is -0.458 e. The first-order chi connectivity index (χ1) is 16.0. The monoisotopic (exact) mass is 470 g/mol. The van der Waals surface area contributed by atoms with Crippen LogP contribution in [0.3, 0.4) is 0 Å². The summed E-state index contributed by atoms with van der Waals surface area (Å²) in [5.41, 5.74) is 4.13. The Bertz CT molecular complexity index is 921. The predicted octanol–water partition coefficient (Wildman–Crippen LogP) is 5.53. The number of aliphatic hydroxyl groups is 2. The van der Waals surface area contributed by atoms with E-state index in [-0.39, 0.29) is 24.9 Å². The van der Waals surface area contributed by atoms with E-state index >= 15 is 0 Å². The number of allylic oxidation sites excluding steroid dienone is 5. The molecule has 3 saturated carbocycles. The zero-order valence-corrected chi connectivity index (χ0v) is 21.4. The fourth-order valence-corrected chi connectivity index (χ4v) is 6.44. The van der Waals surface area contributed by atoms with Gasteiger partial charge >= 0.3 is 5.97 Å². The third-order valence-electron chi connectivity index (χ3n) is 8.78. The van der Waals surface area contributed by atoms with E-state index in [1.165, 1.54) is 18.4 Å². The number of hydrogen-bond donors (Lipinski definition) is 2. The van der Waals surface area contributed by atoms with E-state index in [1.54, 1.807) is 5.57 Å². The highest BCUT2D eigenvalue weighted by Gasteiger charge is 2.45. The van der Waals surface area contributed by atoms with Crippen LogP contribution in [0.25, 0.3) is 0 Å². The first-order valence-corrected chi connectivity index (χ1v) is 13.0. The lowest BCUT2D eigenvalue weighted by molar-refractivity contribution is -0.229. The third-order valence-corrected chi connectivity index (χ3v) is 8.78. The van der Waals surface area contributed by atoms with Gasteiger partial charge in [0.25, 0.3) is 0 Å². The minimum absolute atomic E-state index is 0.0104. The predicted molar refractivity (Wildman–Crippen MR) is 133 cm³/mol. The second-order valence-corrected chi connectivity index (χ2v) is 11.6. The maximum Gasteiger partial charge on any atom is 0.332 e. The quantitative estimate of drug-likeness (QED) is 0.290. The number of rotatable bonds is 7. The Morgan fingerprint density at radius 1 is 1.32 bits per heavy atom. The highest BCUT2D eigenvalue weighted by molar-refractivity contribution is 5.71. The molecule has 34 heavy (non-hydrogen) atoms. The second-order valence-electron chi connectivity index (χ2n) is 11.6. The van der Waals surface area contributed by atoms with Gasteiger partial charge in [0.1, 0.15) is 12.2 Å². The van der Waals surface area contributed by atoms with Crippen LogP contribution < -0.4 is 0 Å². The molecule has 0 unspecified atom stereocenters. The Balaban J connectivity index is 1.43. The summed E-state index contributed by atoms with van der Waals surface area (Å²) >= 11 is 0. The van der Waals surface area contributed by atoms with E-state index < -0.39 is 23.5 Å². The molecule has 4 aliphatic carbocycles. The molecule has 0 saturated heterocycles. The highest BCUT2D eigenvalue weighted by Crippen LogP contribution is 2.55. The molecule has 0 aliphatic heterocycles. The van der Waals surface area contributed by atoms with Gasteiger partial charge in [-0.05, 0) is 87.2 Å². The fraction of sp³-hybridized carbons (Fsp3) is 0.690. The summed E-state index contributed by atoms with van der Waals surface area (Å²) < 4.78 is 11.2. The summed E-state index contributed by atoms with van der Waals surface area (Å²) in [7, 11) is 0. The van der Waals surface area contributed by atoms with Crippen molar-refractivity contribution in [2.45, 2.75) is 103 Å². The maximum atomic E-state index is 12.4. The first-order valence-electron chi connectivity index (χ1n) is 13.0. The SMILES string of the molecule is C=C1C(=CC=C2CCC[C@]3(C)C(CC)=CC[C@@H]23)C[C@](O)(OCC(=O)OC(C)(C)C2CC2)C[C@@H]1O. The highest BCUT2D eigenvalue weighted by atomic mass is 16.6. The molecule has 0 aromatic rings. The topological polar surface area (TPSA) is 76.0 Å². The van der Waals surface area contributed by atoms with Gasteiger partial charge in [0.15, 0.2) is 5.79 Å².